The zero-order valence-corrected chi connectivity index (χ0v) is 11.5. The van der Waals surface area contributed by atoms with Gasteiger partial charge in [0.05, 0.1) is 6.42 Å². The number of nitrogens with zero attached hydrogens (tertiary/aromatic N) is 3. The molecule has 1 aromatic heterocycles. The first-order valence-corrected chi connectivity index (χ1v) is 7.17. The number of hydrogen-bond donors (Lipinski definition) is 1. The lowest BCUT2D eigenvalue weighted by Gasteiger charge is -2.16. The van der Waals surface area contributed by atoms with Gasteiger partial charge in [-0.05, 0) is 24.1 Å². The molecule has 1 N–H and O–H groups in total. The lowest BCUT2D eigenvalue weighted by Crippen LogP contribution is -2.24. The summed E-state index contributed by atoms with van der Waals surface area (Å²) in [5, 5.41) is 13.8. The molecule has 1 aliphatic rings. The third kappa shape index (κ3) is 2.92. The van der Waals surface area contributed by atoms with Crippen molar-refractivity contribution >= 4 is 5.95 Å². The number of aromatic hydroxyl groups is 1. The summed E-state index contributed by atoms with van der Waals surface area (Å²) in [6.45, 7) is 1.99. The molecular formula is C15H19N3O2. The summed E-state index contributed by atoms with van der Waals surface area (Å²) in [5.74, 6) is 1.49. The number of aromatic nitrogens is 2. The summed E-state index contributed by atoms with van der Waals surface area (Å²) in [5.41, 5.74) is 0.804. The maximum atomic E-state index is 9.76. The van der Waals surface area contributed by atoms with Crippen LogP contribution in [0.15, 0.2) is 28.8 Å². The quantitative estimate of drug-likeness (QED) is 0.931. The van der Waals surface area contributed by atoms with E-state index >= 15 is 0 Å². The molecule has 20 heavy (non-hydrogen) atoms. The Hall–Kier alpha value is -2.04. The highest BCUT2D eigenvalue weighted by Crippen LogP contribution is 2.21. The van der Waals surface area contributed by atoms with Crippen LogP contribution in [-0.4, -0.2) is 28.3 Å². The fraction of sp³-hybridized carbons (Fsp3) is 0.467. The van der Waals surface area contributed by atoms with E-state index in [4.69, 9.17) is 4.52 Å². The highest BCUT2D eigenvalue weighted by Gasteiger charge is 2.16. The van der Waals surface area contributed by atoms with Crippen LogP contribution in [0.3, 0.4) is 0 Å². The van der Waals surface area contributed by atoms with Gasteiger partial charge in [-0.1, -0.05) is 31.0 Å². The second-order valence-corrected chi connectivity index (χ2v) is 5.19. The number of anilines is 1. The van der Waals surface area contributed by atoms with Crippen molar-refractivity contribution in [1.29, 1.82) is 0 Å². The fourth-order valence-corrected chi connectivity index (χ4v) is 2.54. The Bertz CT molecular complexity index is 560. The number of phenols is 1. The number of phenolic OH excluding ortho intramolecular Hbond substituents is 1. The van der Waals surface area contributed by atoms with E-state index in [0.717, 1.165) is 18.7 Å². The molecule has 1 aromatic carbocycles. The Kier molecular flexibility index (Phi) is 3.85. The molecule has 3 rings (SSSR count). The molecule has 106 valence electrons. The fourth-order valence-electron chi connectivity index (χ4n) is 2.54. The molecule has 2 aromatic rings. The molecular weight excluding hydrogens is 254 g/mol. The van der Waals surface area contributed by atoms with Crippen molar-refractivity contribution in [2.45, 2.75) is 32.1 Å². The van der Waals surface area contributed by atoms with Gasteiger partial charge in [0.2, 0.25) is 5.89 Å². The van der Waals surface area contributed by atoms with Crippen LogP contribution in [0.1, 0.15) is 37.1 Å². The van der Waals surface area contributed by atoms with Crippen molar-refractivity contribution in [3.63, 3.8) is 0 Å². The van der Waals surface area contributed by atoms with E-state index in [1.54, 1.807) is 12.1 Å². The van der Waals surface area contributed by atoms with Gasteiger partial charge in [-0.25, -0.2) is 0 Å². The zero-order valence-electron chi connectivity index (χ0n) is 11.5. The van der Waals surface area contributed by atoms with Crippen LogP contribution in [-0.2, 0) is 6.42 Å². The van der Waals surface area contributed by atoms with E-state index in [1.807, 2.05) is 12.1 Å². The summed E-state index contributed by atoms with van der Waals surface area (Å²) >= 11 is 0. The Labute approximate surface area is 118 Å². The second-order valence-electron chi connectivity index (χ2n) is 5.19. The molecule has 0 unspecified atom stereocenters. The second kappa shape index (κ2) is 5.94. The van der Waals surface area contributed by atoms with E-state index in [2.05, 4.69) is 15.0 Å². The standard InChI is InChI=1S/C15H19N3O2/c19-13-8-4-3-7-12(13)11-14-16-15(17-20-14)18-9-5-1-2-6-10-18/h3-4,7-8,19H,1-2,5-6,9-11H2. The van der Waals surface area contributed by atoms with E-state index in [9.17, 15) is 5.11 Å². The van der Waals surface area contributed by atoms with Crippen molar-refractivity contribution in [3.8, 4) is 5.75 Å². The number of rotatable bonds is 3. The monoisotopic (exact) mass is 273 g/mol. The molecule has 0 bridgehead atoms. The van der Waals surface area contributed by atoms with Crippen molar-refractivity contribution in [2.75, 3.05) is 18.0 Å². The Balaban J connectivity index is 1.71. The smallest absolute Gasteiger partial charge is 0.266 e. The first-order chi connectivity index (χ1) is 9.83. The summed E-state index contributed by atoms with van der Waals surface area (Å²) < 4.78 is 5.30. The number of hydrogen-bond acceptors (Lipinski definition) is 5. The molecule has 0 spiro atoms. The Morgan fingerprint density at radius 1 is 1.10 bits per heavy atom. The summed E-state index contributed by atoms with van der Waals surface area (Å²) in [7, 11) is 0. The van der Waals surface area contributed by atoms with Gasteiger partial charge < -0.3 is 14.5 Å². The third-order valence-electron chi connectivity index (χ3n) is 3.68. The Morgan fingerprint density at radius 3 is 2.60 bits per heavy atom. The van der Waals surface area contributed by atoms with Gasteiger partial charge in [0, 0.05) is 18.7 Å². The maximum Gasteiger partial charge on any atom is 0.266 e. The average molecular weight is 273 g/mol. The summed E-state index contributed by atoms with van der Waals surface area (Å²) in [6.07, 6.45) is 5.39. The normalized spacial score (nSPS) is 16.1. The van der Waals surface area contributed by atoms with Crippen molar-refractivity contribution in [3.05, 3.63) is 35.7 Å². The van der Waals surface area contributed by atoms with Crippen LogP contribution in [0.5, 0.6) is 5.75 Å². The number of benzene rings is 1. The molecule has 5 nitrogen and oxygen atoms in total. The highest BCUT2D eigenvalue weighted by molar-refractivity contribution is 5.35. The first-order valence-electron chi connectivity index (χ1n) is 7.17. The molecule has 0 aliphatic carbocycles. The number of para-hydroxylation sites is 1. The molecule has 0 amide bonds. The van der Waals surface area contributed by atoms with E-state index in [1.165, 1.54) is 25.7 Å². The van der Waals surface area contributed by atoms with Crippen LogP contribution in [0.4, 0.5) is 5.95 Å². The minimum absolute atomic E-state index is 0.266. The van der Waals surface area contributed by atoms with Crippen LogP contribution >= 0.6 is 0 Å². The van der Waals surface area contributed by atoms with Gasteiger partial charge in [-0.2, -0.15) is 4.98 Å². The highest BCUT2D eigenvalue weighted by atomic mass is 16.5. The lowest BCUT2D eigenvalue weighted by molar-refractivity contribution is 0.381. The molecule has 5 heteroatoms. The largest absolute Gasteiger partial charge is 0.508 e. The van der Waals surface area contributed by atoms with Gasteiger partial charge in [0.25, 0.3) is 5.95 Å². The zero-order chi connectivity index (χ0) is 13.8. The predicted molar refractivity (Wildman–Crippen MR) is 75.9 cm³/mol. The molecule has 1 saturated heterocycles. The van der Waals surface area contributed by atoms with Gasteiger partial charge in [0.1, 0.15) is 5.75 Å². The maximum absolute atomic E-state index is 9.76. The minimum atomic E-state index is 0.266. The molecule has 2 heterocycles. The van der Waals surface area contributed by atoms with Crippen LogP contribution < -0.4 is 4.90 Å². The van der Waals surface area contributed by atoms with Crippen molar-refractivity contribution in [2.24, 2.45) is 0 Å². The first kappa shape index (κ1) is 13.0. The molecule has 1 fully saturated rings. The van der Waals surface area contributed by atoms with E-state index in [-0.39, 0.29) is 5.75 Å². The van der Waals surface area contributed by atoms with Crippen LogP contribution in [0.25, 0.3) is 0 Å². The molecule has 0 atom stereocenters. The van der Waals surface area contributed by atoms with Gasteiger partial charge in [0.15, 0.2) is 0 Å². The minimum Gasteiger partial charge on any atom is -0.508 e. The lowest BCUT2D eigenvalue weighted by atomic mass is 10.1. The SMILES string of the molecule is Oc1ccccc1Cc1nc(N2CCCCCC2)no1. The predicted octanol–water partition coefficient (Wildman–Crippen LogP) is 2.75. The van der Waals surface area contributed by atoms with Crippen LogP contribution in [0.2, 0.25) is 0 Å². The van der Waals surface area contributed by atoms with Gasteiger partial charge in [-0.3, -0.25) is 0 Å². The molecule has 1 aliphatic heterocycles. The molecule has 0 saturated carbocycles. The average Bonchev–Trinajstić information content (AvgIpc) is 2.74. The third-order valence-corrected chi connectivity index (χ3v) is 3.68. The van der Waals surface area contributed by atoms with Crippen molar-refractivity contribution in [1.82, 2.24) is 10.1 Å². The topological polar surface area (TPSA) is 62.4 Å². The van der Waals surface area contributed by atoms with E-state index < -0.39 is 0 Å². The van der Waals surface area contributed by atoms with Gasteiger partial charge >= 0.3 is 0 Å². The van der Waals surface area contributed by atoms with Crippen molar-refractivity contribution < 1.29 is 9.63 Å². The molecule has 0 radical (unpaired) electrons. The van der Waals surface area contributed by atoms with E-state index in [0.29, 0.717) is 18.3 Å². The summed E-state index contributed by atoms with van der Waals surface area (Å²) in [6, 6.07) is 7.23. The van der Waals surface area contributed by atoms with Gasteiger partial charge in [-0.15, -0.1) is 0 Å². The van der Waals surface area contributed by atoms with Crippen LogP contribution in [0, 0.1) is 0 Å². The summed E-state index contributed by atoms with van der Waals surface area (Å²) in [4.78, 5) is 6.63. The Morgan fingerprint density at radius 2 is 1.85 bits per heavy atom.